The van der Waals surface area contributed by atoms with Gasteiger partial charge in [-0.05, 0) is 119 Å². The maximum atomic E-state index is 13.6. The van der Waals surface area contributed by atoms with Crippen molar-refractivity contribution in [1.82, 2.24) is 44.9 Å². The normalized spacial score (nSPS) is 10.7. The number of aromatic nitrogens is 9. The topological polar surface area (TPSA) is 255 Å². The van der Waals surface area contributed by atoms with Crippen LogP contribution in [0.3, 0.4) is 0 Å². The highest BCUT2D eigenvalue weighted by Crippen LogP contribution is 2.27. The van der Waals surface area contributed by atoms with Crippen LogP contribution in [0.15, 0.2) is 140 Å². The second kappa shape index (κ2) is 22.4. The summed E-state index contributed by atoms with van der Waals surface area (Å²) in [4.78, 5) is 79.6. The molecule has 9 aromatic heterocycles. The quantitative estimate of drug-likeness (QED) is 0.0813. The number of rotatable bonds is 16. The largest absolute Gasteiger partial charge is 0.456 e. The van der Waals surface area contributed by atoms with Gasteiger partial charge in [-0.2, -0.15) is 5.26 Å². The van der Waals surface area contributed by atoms with Gasteiger partial charge in [0.25, 0.3) is 17.7 Å². The highest BCUT2D eigenvalue weighted by molar-refractivity contribution is 6.04. The Morgan fingerprint density at radius 2 is 0.893 bits per heavy atom. The Labute approximate surface area is 430 Å². The van der Waals surface area contributed by atoms with Crippen LogP contribution in [0, 0.1) is 45.9 Å². The molecule has 0 unspecified atom stereocenters. The molecule has 0 aliphatic carbocycles. The summed E-state index contributed by atoms with van der Waals surface area (Å²) in [5.41, 5.74) is 7.11. The van der Waals surface area contributed by atoms with Gasteiger partial charge < -0.3 is 30.2 Å². The van der Waals surface area contributed by atoms with E-state index in [1.165, 1.54) is 18.3 Å². The molecule has 75 heavy (non-hydrogen) atoms. The maximum absolute atomic E-state index is 13.6. The lowest BCUT2D eigenvalue weighted by Crippen LogP contribution is -2.16. The van der Waals surface area contributed by atoms with E-state index in [0.717, 1.165) is 22.5 Å². The number of pyridine rings is 9. The van der Waals surface area contributed by atoms with Crippen LogP contribution in [0.1, 0.15) is 88.0 Å². The molecule has 19 nitrogen and oxygen atoms in total. The summed E-state index contributed by atoms with van der Waals surface area (Å²) in [7, 11) is 0. The fourth-order valence-electron chi connectivity index (χ4n) is 7.74. The van der Waals surface area contributed by atoms with Crippen molar-refractivity contribution in [3.63, 3.8) is 0 Å². The predicted molar refractivity (Wildman–Crippen MR) is 276 cm³/mol. The fraction of sp³-hybridized carbons (Fsp3) is 0.125. The molecule has 9 rings (SSSR count). The van der Waals surface area contributed by atoms with E-state index in [1.807, 2.05) is 44.2 Å². The highest BCUT2D eigenvalue weighted by Gasteiger charge is 2.17. The van der Waals surface area contributed by atoms with Gasteiger partial charge in [0, 0.05) is 101 Å². The van der Waals surface area contributed by atoms with Crippen LogP contribution >= 0.6 is 0 Å². The van der Waals surface area contributed by atoms with E-state index in [9.17, 15) is 19.6 Å². The zero-order valence-electron chi connectivity index (χ0n) is 41.1. The molecule has 3 N–H and O–H groups in total. The van der Waals surface area contributed by atoms with Gasteiger partial charge in [0.05, 0.1) is 30.2 Å². The summed E-state index contributed by atoms with van der Waals surface area (Å²) in [6.45, 7) is 8.98. The Kier molecular flexibility index (Phi) is 14.8. The molecule has 0 bridgehead atoms. The lowest BCUT2D eigenvalue weighted by Gasteiger charge is -2.12. The van der Waals surface area contributed by atoms with Gasteiger partial charge in [-0.3, -0.25) is 29.3 Å². The molecule has 19 heteroatoms. The number of nitrogens with zero attached hydrogens (tertiary/aromatic N) is 10. The van der Waals surface area contributed by atoms with E-state index in [2.05, 4.69) is 60.8 Å². The van der Waals surface area contributed by atoms with E-state index >= 15 is 0 Å². The van der Waals surface area contributed by atoms with Gasteiger partial charge in [-0.15, -0.1) is 0 Å². The van der Waals surface area contributed by atoms with Crippen LogP contribution in [-0.4, -0.2) is 62.6 Å². The number of ether oxygens (including phenoxy) is 3. The predicted octanol–water partition coefficient (Wildman–Crippen LogP) is 9.97. The van der Waals surface area contributed by atoms with Crippen LogP contribution in [0.5, 0.6) is 34.5 Å². The molecule has 0 saturated carbocycles. The number of aryl methyl sites for hydroxylation is 5. The monoisotopic (exact) mass is 995 g/mol. The zero-order valence-corrected chi connectivity index (χ0v) is 41.1. The van der Waals surface area contributed by atoms with Crippen molar-refractivity contribution in [2.24, 2.45) is 0 Å². The highest BCUT2D eigenvalue weighted by atomic mass is 16.5. The number of anilines is 3. The van der Waals surface area contributed by atoms with Gasteiger partial charge in [0.2, 0.25) is 0 Å². The van der Waals surface area contributed by atoms with Gasteiger partial charge in [0.1, 0.15) is 69.0 Å². The molecule has 0 aliphatic rings. The molecule has 0 atom stereocenters. The van der Waals surface area contributed by atoms with Gasteiger partial charge in [-0.1, -0.05) is 0 Å². The van der Waals surface area contributed by atoms with E-state index in [-0.39, 0.29) is 22.9 Å². The number of carbonyl (C=O) groups excluding carboxylic acids is 3. The lowest BCUT2D eigenvalue weighted by molar-refractivity contribution is 0.101. The Hall–Kier alpha value is -10.4. The molecule has 3 amide bonds. The first-order valence-corrected chi connectivity index (χ1v) is 23.3. The molecule has 0 aliphatic heterocycles. The number of amides is 3. The van der Waals surface area contributed by atoms with Gasteiger partial charge in [0.15, 0.2) is 0 Å². The number of nitriles is 1. The lowest BCUT2D eigenvalue weighted by atomic mass is 10.1. The van der Waals surface area contributed by atoms with E-state index in [4.69, 9.17) is 14.2 Å². The van der Waals surface area contributed by atoms with E-state index in [0.29, 0.717) is 93.0 Å². The summed E-state index contributed by atoms with van der Waals surface area (Å²) in [5.74, 6) is 2.17. The van der Waals surface area contributed by atoms with Gasteiger partial charge >= 0.3 is 0 Å². The standard InChI is InChI=1S/C56H45N13O6/c1-32-15-38(23-52(65-32)68-55(71)49-25-45(17-34(3)63-49)73-42-7-6-13-58-29-42)20-41-9-11-44(31-61-41)75-47-19-36(5)64-50(27-47)56(72)69-53-24-39(16-33(2)66-53)21-40-8-10-43(30-60-40)74-46-18-35(4)62-48(26-46)54(70)67-51-22-37(28-57)12-14-59-51/h6-19,22-27,29-31H,20-21H2,1-5H3,(H,59,67,70)(H,65,68,71)(H,66,69,72). The molecular formula is C56H45N13O6. The van der Waals surface area contributed by atoms with Crippen LogP contribution in [0.25, 0.3) is 0 Å². The van der Waals surface area contributed by atoms with E-state index in [1.54, 1.807) is 118 Å². The number of nitrogens with one attached hydrogen (secondary N) is 3. The van der Waals surface area contributed by atoms with Crippen molar-refractivity contribution in [2.75, 3.05) is 16.0 Å². The molecule has 370 valence electrons. The molecule has 0 radical (unpaired) electrons. The number of hydrogen-bond donors (Lipinski definition) is 3. The maximum Gasteiger partial charge on any atom is 0.275 e. The third-order valence-electron chi connectivity index (χ3n) is 10.8. The molecular weight excluding hydrogens is 951 g/mol. The van der Waals surface area contributed by atoms with Crippen molar-refractivity contribution in [3.8, 4) is 40.6 Å². The average molecular weight is 996 g/mol. The zero-order chi connectivity index (χ0) is 52.4. The Morgan fingerprint density at radius 1 is 0.453 bits per heavy atom. The molecule has 0 saturated heterocycles. The number of hydrogen-bond acceptors (Lipinski definition) is 16. The minimum atomic E-state index is -0.508. The molecule has 9 heterocycles. The summed E-state index contributed by atoms with van der Waals surface area (Å²) in [5, 5.41) is 17.6. The summed E-state index contributed by atoms with van der Waals surface area (Å²) < 4.78 is 18.1. The Bertz CT molecular complexity index is 3650. The molecule has 9 aromatic rings. The summed E-state index contributed by atoms with van der Waals surface area (Å²) in [6.07, 6.45) is 8.73. The first kappa shape index (κ1) is 49.6. The smallest absolute Gasteiger partial charge is 0.275 e. The summed E-state index contributed by atoms with van der Waals surface area (Å²) >= 11 is 0. The van der Waals surface area contributed by atoms with Crippen molar-refractivity contribution >= 4 is 35.2 Å². The first-order valence-electron chi connectivity index (χ1n) is 23.3. The number of carbonyl (C=O) groups is 3. The molecule has 0 spiro atoms. The van der Waals surface area contributed by atoms with Crippen molar-refractivity contribution in [2.45, 2.75) is 47.5 Å². The van der Waals surface area contributed by atoms with Crippen molar-refractivity contribution < 1.29 is 28.6 Å². The molecule has 0 aromatic carbocycles. The second-order valence-electron chi connectivity index (χ2n) is 17.2. The van der Waals surface area contributed by atoms with Crippen molar-refractivity contribution in [1.29, 1.82) is 5.26 Å². The second-order valence-corrected chi connectivity index (χ2v) is 17.2. The summed E-state index contributed by atoms with van der Waals surface area (Å²) in [6, 6.07) is 33.0. The average Bonchev–Trinajstić information content (AvgIpc) is 3.37. The van der Waals surface area contributed by atoms with Crippen LogP contribution in [0.4, 0.5) is 17.5 Å². The minimum Gasteiger partial charge on any atom is -0.456 e. The first-order chi connectivity index (χ1) is 36.2. The van der Waals surface area contributed by atoms with E-state index < -0.39 is 17.7 Å². The van der Waals surface area contributed by atoms with Crippen LogP contribution in [-0.2, 0) is 12.8 Å². The van der Waals surface area contributed by atoms with Gasteiger partial charge in [-0.25, -0.2) is 29.9 Å². The minimum absolute atomic E-state index is 0.110. The Morgan fingerprint density at radius 3 is 1.31 bits per heavy atom. The Balaban J connectivity index is 0.792. The van der Waals surface area contributed by atoms with Crippen molar-refractivity contribution in [3.05, 3.63) is 214 Å². The SMILES string of the molecule is Cc1cc(Cc2ccc(Oc3cc(C)nc(C(=O)Nc4cc(Cc5ccc(Oc6cc(C)nc(C(=O)Nc7cc(C#N)ccn7)c6)cn5)cc(C)n4)c3)cn2)cc(NC(=O)c2cc(Oc3cccnc3)cc(C)n2)n1. The van der Waals surface area contributed by atoms with Crippen LogP contribution in [0.2, 0.25) is 0 Å². The van der Waals surface area contributed by atoms with Crippen LogP contribution < -0.4 is 30.2 Å². The third kappa shape index (κ3) is 13.5. The third-order valence-corrected chi connectivity index (χ3v) is 10.8. The fourth-order valence-corrected chi connectivity index (χ4v) is 7.74. The molecule has 0 fully saturated rings.